The molecule has 11 heteroatoms. The number of piperidine rings is 1. The molecule has 2 aromatic carbocycles. The predicted molar refractivity (Wildman–Crippen MR) is 131 cm³/mol. The van der Waals surface area contributed by atoms with Crippen LogP contribution in [-0.4, -0.2) is 47.1 Å². The number of halogens is 6. The Morgan fingerprint density at radius 2 is 1.58 bits per heavy atom. The largest absolute Gasteiger partial charge is 0.416 e. The van der Waals surface area contributed by atoms with Crippen LogP contribution < -0.4 is 10.6 Å². The lowest BCUT2D eigenvalue weighted by molar-refractivity contribution is -0.143. The number of carbonyl (C=O) groups is 1. The van der Waals surface area contributed by atoms with Gasteiger partial charge in [0.2, 0.25) is 0 Å². The molecule has 2 unspecified atom stereocenters. The summed E-state index contributed by atoms with van der Waals surface area (Å²) in [6.07, 6.45) is -5.79. The van der Waals surface area contributed by atoms with Gasteiger partial charge in [0.05, 0.1) is 23.2 Å². The van der Waals surface area contributed by atoms with E-state index in [-0.39, 0.29) is 48.6 Å². The van der Waals surface area contributed by atoms with Crippen molar-refractivity contribution in [3.63, 3.8) is 0 Å². The van der Waals surface area contributed by atoms with Gasteiger partial charge in [-0.1, -0.05) is 18.2 Å². The van der Waals surface area contributed by atoms with Gasteiger partial charge in [-0.3, -0.25) is 0 Å². The standard InChI is InChI=1S/C27H28F6N4O/c28-26(29,30)18-11-16(12-19(14-18)27(31,32)33)5-6-24-23(13-17-15-35-22-4-2-1-3-21(17)22)36-25(38)37(24)20-7-9-34-10-8-20/h1-4,11-12,14-15,20,23-24,34-35H,5-10,13H2,(H,36,38). The van der Waals surface area contributed by atoms with Crippen LogP contribution in [0.15, 0.2) is 48.7 Å². The van der Waals surface area contributed by atoms with Gasteiger partial charge in [0.1, 0.15) is 0 Å². The summed E-state index contributed by atoms with van der Waals surface area (Å²) in [6, 6.07) is 8.41. The van der Waals surface area contributed by atoms with Gasteiger partial charge in [-0.2, -0.15) is 26.3 Å². The van der Waals surface area contributed by atoms with Crippen LogP contribution in [0.3, 0.4) is 0 Å². The van der Waals surface area contributed by atoms with E-state index in [1.165, 1.54) is 0 Å². The molecule has 0 spiro atoms. The molecule has 3 N–H and O–H groups in total. The Morgan fingerprint density at radius 3 is 2.24 bits per heavy atom. The number of urea groups is 1. The molecule has 5 rings (SSSR count). The third-order valence-corrected chi connectivity index (χ3v) is 7.56. The molecule has 0 aliphatic carbocycles. The summed E-state index contributed by atoms with van der Waals surface area (Å²) in [6.45, 7) is 1.47. The minimum absolute atomic E-state index is 0.0293. The van der Waals surface area contributed by atoms with Crippen LogP contribution in [0, 0.1) is 0 Å². The lowest BCUT2D eigenvalue weighted by atomic mass is 9.92. The number of nitrogens with one attached hydrogen (secondary N) is 3. The average molecular weight is 539 g/mol. The predicted octanol–water partition coefficient (Wildman–Crippen LogP) is 5.90. The van der Waals surface area contributed by atoms with Crippen LogP contribution in [0.25, 0.3) is 10.9 Å². The number of carbonyl (C=O) groups excluding carboxylic acids is 1. The monoisotopic (exact) mass is 538 g/mol. The fourth-order valence-corrected chi connectivity index (χ4v) is 5.74. The number of amides is 2. The number of alkyl halides is 6. The fourth-order valence-electron chi connectivity index (χ4n) is 5.74. The summed E-state index contributed by atoms with van der Waals surface area (Å²) in [7, 11) is 0. The van der Waals surface area contributed by atoms with Crippen molar-refractivity contribution < 1.29 is 31.1 Å². The number of aryl methyl sites for hydroxylation is 1. The van der Waals surface area contributed by atoms with Gasteiger partial charge in [0, 0.05) is 23.1 Å². The molecule has 2 atom stereocenters. The molecule has 3 heterocycles. The molecule has 3 aromatic rings. The number of hydrogen-bond donors (Lipinski definition) is 3. The number of fused-ring (bicyclic) bond motifs is 1. The molecule has 1 aromatic heterocycles. The highest BCUT2D eigenvalue weighted by Gasteiger charge is 2.43. The molecular formula is C27H28F6N4O. The highest BCUT2D eigenvalue weighted by molar-refractivity contribution is 5.83. The van der Waals surface area contributed by atoms with Crippen molar-refractivity contribution in [1.29, 1.82) is 0 Å². The molecule has 2 saturated heterocycles. The van der Waals surface area contributed by atoms with Gasteiger partial charge in [-0.05, 0) is 80.6 Å². The highest BCUT2D eigenvalue weighted by atomic mass is 19.4. The number of aromatic amines is 1. The van der Waals surface area contributed by atoms with Crippen molar-refractivity contribution in [3.8, 4) is 0 Å². The Hall–Kier alpha value is -3.21. The van der Waals surface area contributed by atoms with Crippen LogP contribution in [0.2, 0.25) is 0 Å². The Labute approximate surface area is 215 Å². The average Bonchev–Trinajstić information content (AvgIpc) is 3.42. The quantitative estimate of drug-likeness (QED) is 0.343. The van der Waals surface area contributed by atoms with E-state index in [4.69, 9.17) is 0 Å². The zero-order valence-corrected chi connectivity index (χ0v) is 20.4. The molecule has 2 aliphatic rings. The Bertz CT molecular complexity index is 1260. The fraction of sp³-hybridized carbons (Fsp3) is 0.444. The molecule has 0 radical (unpaired) electrons. The SMILES string of the molecule is O=C1NC(Cc2c[nH]c3ccccc23)C(CCc2cc(C(F)(F)F)cc(C(F)(F)F)c2)N1C1CCNCC1. The molecule has 0 bridgehead atoms. The van der Waals surface area contributed by atoms with E-state index in [0.717, 1.165) is 54.5 Å². The van der Waals surface area contributed by atoms with Gasteiger partial charge in [0.15, 0.2) is 0 Å². The lowest BCUT2D eigenvalue weighted by Crippen LogP contribution is -2.49. The molecule has 2 aliphatic heterocycles. The first-order valence-electron chi connectivity index (χ1n) is 12.6. The first kappa shape index (κ1) is 26.4. The topological polar surface area (TPSA) is 60.2 Å². The number of rotatable bonds is 6. The zero-order chi connectivity index (χ0) is 27.1. The summed E-state index contributed by atoms with van der Waals surface area (Å²) < 4.78 is 80.4. The van der Waals surface area contributed by atoms with Crippen LogP contribution in [0.4, 0.5) is 31.1 Å². The summed E-state index contributed by atoms with van der Waals surface area (Å²) in [4.78, 5) is 18.1. The van der Waals surface area contributed by atoms with E-state index in [0.29, 0.717) is 6.42 Å². The van der Waals surface area contributed by atoms with Crippen molar-refractivity contribution >= 4 is 16.9 Å². The smallest absolute Gasteiger partial charge is 0.361 e. The second-order valence-electron chi connectivity index (χ2n) is 10.0. The third-order valence-electron chi connectivity index (χ3n) is 7.56. The van der Waals surface area contributed by atoms with Crippen molar-refractivity contribution in [2.24, 2.45) is 0 Å². The van der Waals surface area contributed by atoms with E-state index in [1.54, 1.807) is 4.90 Å². The van der Waals surface area contributed by atoms with Crippen molar-refractivity contribution in [2.45, 2.75) is 62.6 Å². The molecule has 0 saturated carbocycles. The maximum atomic E-state index is 13.4. The minimum Gasteiger partial charge on any atom is -0.361 e. The van der Waals surface area contributed by atoms with E-state index < -0.39 is 23.5 Å². The second-order valence-corrected chi connectivity index (χ2v) is 10.0. The number of aromatic nitrogens is 1. The molecular weight excluding hydrogens is 510 g/mol. The Kier molecular flexibility index (Phi) is 7.06. The Morgan fingerprint density at radius 1 is 0.921 bits per heavy atom. The summed E-state index contributed by atoms with van der Waals surface area (Å²) in [5.41, 5.74) is -0.770. The lowest BCUT2D eigenvalue weighted by Gasteiger charge is -2.36. The van der Waals surface area contributed by atoms with Crippen molar-refractivity contribution in [1.82, 2.24) is 20.5 Å². The zero-order valence-electron chi connectivity index (χ0n) is 20.4. The van der Waals surface area contributed by atoms with E-state index >= 15 is 0 Å². The van der Waals surface area contributed by atoms with Crippen LogP contribution in [0.1, 0.15) is 41.5 Å². The van der Waals surface area contributed by atoms with E-state index in [2.05, 4.69) is 15.6 Å². The summed E-state index contributed by atoms with van der Waals surface area (Å²) >= 11 is 0. The normalized spacial score (nSPS) is 21.3. The molecule has 2 fully saturated rings. The molecule has 204 valence electrons. The van der Waals surface area contributed by atoms with Gasteiger partial charge in [-0.25, -0.2) is 4.79 Å². The van der Waals surface area contributed by atoms with Gasteiger partial charge < -0.3 is 20.5 Å². The maximum absolute atomic E-state index is 13.4. The third kappa shape index (κ3) is 5.48. The number of para-hydroxylation sites is 1. The van der Waals surface area contributed by atoms with E-state index in [9.17, 15) is 31.1 Å². The number of benzene rings is 2. The number of H-pyrrole nitrogens is 1. The van der Waals surface area contributed by atoms with Crippen LogP contribution in [0.5, 0.6) is 0 Å². The van der Waals surface area contributed by atoms with Gasteiger partial charge in [0.25, 0.3) is 0 Å². The number of hydrogen-bond acceptors (Lipinski definition) is 2. The second kappa shape index (κ2) is 10.2. The highest BCUT2D eigenvalue weighted by Crippen LogP contribution is 2.37. The summed E-state index contributed by atoms with van der Waals surface area (Å²) in [5, 5.41) is 7.32. The minimum atomic E-state index is -4.90. The van der Waals surface area contributed by atoms with Gasteiger partial charge >= 0.3 is 18.4 Å². The van der Waals surface area contributed by atoms with Gasteiger partial charge in [-0.15, -0.1) is 0 Å². The van der Waals surface area contributed by atoms with Crippen molar-refractivity contribution in [3.05, 3.63) is 70.9 Å². The molecule has 5 nitrogen and oxygen atoms in total. The van der Waals surface area contributed by atoms with Crippen LogP contribution in [-0.2, 0) is 25.2 Å². The van der Waals surface area contributed by atoms with E-state index in [1.807, 2.05) is 30.5 Å². The molecule has 2 amide bonds. The Balaban J connectivity index is 1.44. The molecule has 38 heavy (non-hydrogen) atoms. The first-order chi connectivity index (χ1) is 18.0. The maximum Gasteiger partial charge on any atom is 0.416 e. The summed E-state index contributed by atoms with van der Waals surface area (Å²) in [5.74, 6) is 0. The number of nitrogens with zero attached hydrogens (tertiary/aromatic N) is 1. The van der Waals surface area contributed by atoms with Crippen LogP contribution >= 0.6 is 0 Å². The van der Waals surface area contributed by atoms with Crippen molar-refractivity contribution in [2.75, 3.05) is 13.1 Å². The first-order valence-corrected chi connectivity index (χ1v) is 12.6.